The molecule has 2 aromatic carbocycles. The van der Waals surface area contributed by atoms with E-state index in [1.165, 1.54) is 26.0 Å². The fourth-order valence-corrected chi connectivity index (χ4v) is 4.00. The lowest BCUT2D eigenvalue weighted by molar-refractivity contribution is -0.137. The summed E-state index contributed by atoms with van der Waals surface area (Å²) in [7, 11) is 0. The normalized spacial score (nSPS) is 16.9. The van der Waals surface area contributed by atoms with E-state index in [0.29, 0.717) is 15.6 Å². The van der Waals surface area contributed by atoms with E-state index in [0.717, 1.165) is 17.0 Å². The lowest BCUT2D eigenvalue weighted by Gasteiger charge is -2.36. The van der Waals surface area contributed by atoms with Gasteiger partial charge in [0.05, 0.1) is 28.9 Å². The predicted molar refractivity (Wildman–Crippen MR) is 107 cm³/mol. The molecule has 0 aromatic heterocycles. The molecule has 30 heavy (non-hydrogen) atoms. The molecule has 0 fully saturated rings. The van der Waals surface area contributed by atoms with Crippen LogP contribution in [0.1, 0.15) is 36.6 Å². The number of carbonyl (C=O) groups excluding carboxylic acids is 2. The van der Waals surface area contributed by atoms with Crippen molar-refractivity contribution in [3.63, 3.8) is 0 Å². The largest absolute Gasteiger partial charge is 0.416 e. The van der Waals surface area contributed by atoms with Gasteiger partial charge in [-0.05, 0) is 49.7 Å². The molecule has 0 spiro atoms. The molecule has 0 saturated heterocycles. The van der Waals surface area contributed by atoms with Gasteiger partial charge in [0.2, 0.25) is 0 Å². The van der Waals surface area contributed by atoms with E-state index in [2.05, 4.69) is 21.2 Å². The molecule has 154 valence electrons. The van der Waals surface area contributed by atoms with Crippen molar-refractivity contribution in [3.8, 4) is 6.07 Å². The maximum atomic E-state index is 13.1. The summed E-state index contributed by atoms with van der Waals surface area (Å²) in [6, 6.07) is 9.59. The van der Waals surface area contributed by atoms with Crippen molar-refractivity contribution >= 4 is 33.4 Å². The molecule has 0 saturated carbocycles. The van der Waals surface area contributed by atoms with E-state index in [1.54, 1.807) is 18.2 Å². The molecule has 5 nitrogen and oxygen atoms in total. The maximum absolute atomic E-state index is 13.1. The third-order valence-corrected chi connectivity index (χ3v) is 5.42. The van der Waals surface area contributed by atoms with Crippen LogP contribution in [0.5, 0.6) is 0 Å². The molecule has 1 aliphatic heterocycles. The number of allylic oxidation sites excluding steroid dienone is 1. The molecule has 2 aromatic rings. The van der Waals surface area contributed by atoms with Crippen molar-refractivity contribution in [1.82, 2.24) is 5.32 Å². The summed E-state index contributed by atoms with van der Waals surface area (Å²) in [6.45, 7) is 2.84. The fourth-order valence-electron chi connectivity index (χ4n) is 3.40. The first-order chi connectivity index (χ1) is 14.0. The van der Waals surface area contributed by atoms with Gasteiger partial charge in [0.15, 0.2) is 5.78 Å². The first kappa shape index (κ1) is 21.6. The summed E-state index contributed by atoms with van der Waals surface area (Å²) in [5, 5.41) is 11.7. The number of nitriles is 1. The smallest absolute Gasteiger partial charge is 0.326 e. The molecule has 0 radical (unpaired) electrons. The number of Topliss-reactive ketones (excluding diaryl/α,β-unsaturated/α-hetero) is 1. The number of nitrogens with zero attached hydrogens (tertiary/aromatic N) is 2. The molecular formula is C21H15BrF3N3O2. The van der Waals surface area contributed by atoms with Gasteiger partial charge < -0.3 is 5.32 Å². The van der Waals surface area contributed by atoms with E-state index < -0.39 is 23.8 Å². The van der Waals surface area contributed by atoms with Crippen LogP contribution in [0.4, 0.5) is 23.7 Å². The highest BCUT2D eigenvalue weighted by Crippen LogP contribution is 2.38. The Labute approximate surface area is 178 Å². The van der Waals surface area contributed by atoms with Crippen LogP contribution in [-0.4, -0.2) is 11.8 Å². The quantitative estimate of drug-likeness (QED) is 0.636. The van der Waals surface area contributed by atoms with Gasteiger partial charge in [-0.15, -0.1) is 0 Å². The zero-order valence-corrected chi connectivity index (χ0v) is 17.4. The molecule has 1 heterocycles. The Bertz CT molecular complexity index is 1120. The van der Waals surface area contributed by atoms with Gasteiger partial charge in [-0.25, -0.2) is 4.79 Å². The predicted octanol–water partition coefficient (Wildman–Crippen LogP) is 5.47. The van der Waals surface area contributed by atoms with E-state index in [4.69, 9.17) is 5.26 Å². The number of anilines is 1. The second-order valence-corrected chi connectivity index (χ2v) is 7.52. The maximum Gasteiger partial charge on any atom is 0.416 e. The highest BCUT2D eigenvalue weighted by atomic mass is 79.9. The van der Waals surface area contributed by atoms with Crippen LogP contribution < -0.4 is 10.2 Å². The summed E-state index contributed by atoms with van der Waals surface area (Å²) >= 11 is 3.36. The van der Waals surface area contributed by atoms with Gasteiger partial charge >= 0.3 is 12.2 Å². The van der Waals surface area contributed by atoms with Gasteiger partial charge in [-0.1, -0.05) is 28.1 Å². The topological polar surface area (TPSA) is 73.2 Å². The Balaban J connectivity index is 2.14. The summed E-state index contributed by atoms with van der Waals surface area (Å²) in [5.41, 5.74) is 0.501. The van der Waals surface area contributed by atoms with Crippen molar-refractivity contribution in [2.24, 2.45) is 0 Å². The van der Waals surface area contributed by atoms with E-state index in [1.807, 2.05) is 6.07 Å². The third kappa shape index (κ3) is 3.96. The van der Waals surface area contributed by atoms with Crippen LogP contribution in [0.15, 0.2) is 58.2 Å². The molecule has 1 N–H and O–H groups in total. The minimum absolute atomic E-state index is 0.00378. The van der Waals surface area contributed by atoms with Gasteiger partial charge in [0.1, 0.15) is 0 Å². The number of hydrogen-bond donors (Lipinski definition) is 1. The molecule has 2 amide bonds. The van der Waals surface area contributed by atoms with Crippen molar-refractivity contribution < 1.29 is 22.8 Å². The van der Waals surface area contributed by atoms with Crippen molar-refractivity contribution in [3.05, 3.63) is 74.9 Å². The Hall–Kier alpha value is -3.12. The van der Waals surface area contributed by atoms with Crippen LogP contribution in [0.3, 0.4) is 0 Å². The van der Waals surface area contributed by atoms with E-state index >= 15 is 0 Å². The summed E-state index contributed by atoms with van der Waals surface area (Å²) < 4.78 is 39.9. The number of carbonyl (C=O) groups is 2. The number of amides is 2. The number of urea groups is 1. The summed E-state index contributed by atoms with van der Waals surface area (Å²) in [5.74, 6) is -0.342. The van der Waals surface area contributed by atoms with Crippen molar-refractivity contribution in [2.75, 3.05) is 4.90 Å². The number of rotatable bonds is 3. The molecule has 1 atom stereocenters. The van der Waals surface area contributed by atoms with Crippen LogP contribution in [-0.2, 0) is 11.0 Å². The molecule has 0 bridgehead atoms. The first-order valence-electron chi connectivity index (χ1n) is 8.73. The Morgan fingerprint density at radius 1 is 1.23 bits per heavy atom. The molecule has 1 aliphatic rings. The number of halogens is 4. The zero-order valence-electron chi connectivity index (χ0n) is 15.8. The number of ketones is 1. The molecule has 0 aliphatic carbocycles. The average Bonchev–Trinajstić information content (AvgIpc) is 2.66. The van der Waals surface area contributed by atoms with Crippen LogP contribution in [0.2, 0.25) is 0 Å². The van der Waals surface area contributed by atoms with Gasteiger partial charge in [0.25, 0.3) is 0 Å². The van der Waals surface area contributed by atoms with Crippen LogP contribution in [0, 0.1) is 11.3 Å². The summed E-state index contributed by atoms with van der Waals surface area (Å²) in [4.78, 5) is 26.4. The van der Waals surface area contributed by atoms with Gasteiger partial charge in [0, 0.05) is 15.7 Å². The minimum Gasteiger partial charge on any atom is -0.326 e. The minimum atomic E-state index is -4.57. The van der Waals surface area contributed by atoms with E-state index in [9.17, 15) is 22.8 Å². The summed E-state index contributed by atoms with van der Waals surface area (Å²) in [6.07, 6.45) is -4.57. The standard InChI is InChI=1S/C21H15BrF3N3O2/c1-11-18(12(2)29)19(16-7-6-13(10-26)8-17(16)22)27-20(30)28(11)15-5-3-4-14(9-15)21(23,24)25/h3-9,19H,1-2H3,(H,27,30). The van der Waals surface area contributed by atoms with Gasteiger partial charge in [-0.2, -0.15) is 18.4 Å². The second kappa shape index (κ2) is 7.95. The lowest BCUT2D eigenvalue weighted by atomic mass is 9.91. The average molecular weight is 478 g/mol. The van der Waals surface area contributed by atoms with Crippen molar-refractivity contribution in [1.29, 1.82) is 5.26 Å². The monoisotopic (exact) mass is 477 g/mol. The van der Waals surface area contributed by atoms with Crippen LogP contribution >= 0.6 is 15.9 Å². The first-order valence-corrected chi connectivity index (χ1v) is 9.53. The molecule has 1 unspecified atom stereocenters. The Morgan fingerprint density at radius 3 is 2.50 bits per heavy atom. The highest BCUT2D eigenvalue weighted by molar-refractivity contribution is 9.10. The fraction of sp³-hybridized carbons (Fsp3) is 0.190. The van der Waals surface area contributed by atoms with Gasteiger partial charge in [-0.3, -0.25) is 9.69 Å². The number of nitrogens with one attached hydrogen (secondary N) is 1. The number of alkyl halides is 3. The molecular weight excluding hydrogens is 463 g/mol. The van der Waals surface area contributed by atoms with Crippen LogP contribution in [0.25, 0.3) is 0 Å². The molecule has 3 rings (SSSR count). The second-order valence-electron chi connectivity index (χ2n) is 6.67. The van der Waals surface area contributed by atoms with E-state index in [-0.39, 0.29) is 22.7 Å². The zero-order chi connectivity index (χ0) is 22.2. The lowest BCUT2D eigenvalue weighted by Crippen LogP contribution is -2.48. The SMILES string of the molecule is CC(=O)C1=C(C)N(c2cccc(C(F)(F)F)c2)C(=O)NC1c1ccc(C#N)cc1Br. The Morgan fingerprint density at radius 2 is 1.93 bits per heavy atom. The highest BCUT2D eigenvalue weighted by Gasteiger charge is 2.37. The number of benzene rings is 2. The van der Waals surface area contributed by atoms with Crippen molar-refractivity contribution in [2.45, 2.75) is 26.1 Å². The number of hydrogen-bond acceptors (Lipinski definition) is 3. The third-order valence-electron chi connectivity index (χ3n) is 4.74. The Kier molecular flexibility index (Phi) is 5.72. The molecule has 9 heteroatoms.